The smallest absolute Gasteiger partial charge is 0.323 e. The molecule has 7 nitrogen and oxygen atoms in total. The molecule has 0 saturated carbocycles. The first kappa shape index (κ1) is 13.8. The molecule has 0 radical (unpaired) electrons. The topological polar surface area (TPSA) is 77.6 Å². The average Bonchev–Trinajstić information content (AvgIpc) is 2.80. The maximum absolute atomic E-state index is 12.3. The minimum Gasteiger partial charge on any atom is -0.373 e. The van der Waals surface area contributed by atoms with Crippen LogP contribution in [0.5, 0.6) is 0 Å². The second-order valence-corrected chi connectivity index (χ2v) is 4.60. The molecule has 19 heavy (non-hydrogen) atoms. The molecule has 1 unspecified atom stereocenters. The number of amides is 1. The van der Waals surface area contributed by atoms with Gasteiger partial charge in [0, 0.05) is 19.2 Å². The third kappa shape index (κ3) is 2.71. The number of aromatic nitrogens is 1. The first-order valence-corrected chi connectivity index (χ1v) is 6.35. The molecular weight excluding hydrogens is 274 g/mol. The molecular formula is C11H14ClN3O4. The van der Waals surface area contributed by atoms with Crippen molar-refractivity contribution in [3.05, 3.63) is 27.9 Å². The van der Waals surface area contributed by atoms with E-state index in [4.69, 9.17) is 16.3 Å². The van der Waals surface area contributed by atoms with E-state index in [9.17, 15) is 14.9 Å². The Morgan fingerprint density at radius 3 is 2.95 bits per heavy atom. The number of carbonyl (C=O) groups excluding carboxylic acids is 1. The molecule has 0 aromatic carbocycles. The summed E-state index contributed by atoms with van der Waals surface area (Å²) < 4.78 is 6.66. The van der Waals surface area contributed by atoms with Gasteiger partial charge in [-0.05, 0) is 11.0 Å². The summed E-state index contributed by atoms with van der Waals surface area (Å²) in [5.74, 6) is -0.0311. The van der Waals surface area contributed by atoms with E-state index in [2.05, 4.69) is 0 Å². The van der Waals surface area contributed by atoms with Gasteiger partial charge in [-0.2, -0.15) is 0 Å². The molecule has 1 aliphatic rings. The van der Waals surface area contributed by atoms with E-state index in [-0.39, 0.29) is 17.8 Å². The van der Waals surface area contributed by atoms with Crippen LogP contribution in [0.3, 0.4) is 0 Å². The van der Waals surface area contributed by atoms with Gasteiger partial charge in [-0.25, -0.2) is 4.57 Å². The molecule has 1 aromatic rings. The lowest BCUT2D eigenvalue weighted by Crippen LogP contribution is -2.46. The van der Waals surface area contributed by atoms with Crippen LogP contribution in [0.15, 0.2) is 12.1 Å². The van der Waals surface area contributed by atoms with Crippen LogP contribution in [0, 0.1) is 10.1 Å². The van der Waals surface area contributed by atoms with Crippen LogP contribution in [-0.4, -0.2) is 52.0 Å². The van der Waals surface area contributed by atoms with Crippen LogP contribution < -0.4 is 0 Å². The summed E-state index contributed by atoms with van der Waals surface area (Å²) in [4.78, 5) is 24.1. The van der Waals surface area contributed by atoms with Gasteiger partial charge in [0.25, 0.3) is 5.91 Å². The van der Waals surface area contributed by atoms with E-state index in [0.29, 0.717) is 31.3 Å². The van der Waals surface area contributed by atoms with Gasteiger partial charge in [-0.3, -0.25) is 4.79 Å². The largest absolute Gasteiger partial charge is 0.373 e. The number of nitro groups is 1. The van der Waals surface area contributed by atoms with Gasteiger partial charge in [-0.15, -0.1) is 11.6 Å². The number of hydrogen-bond donors (Lipinski definition) is 0. The summed E-state index contributed by atoms with van der Waals surface area (Å²) in [6.07, 6.45) is -0.186. The monoisotopic (exact) mass is 287 g/mol. The summed E-state index contributed by atoms with van der Waals surface area (Å²) in [6, 6.07) is 2.79. The quantitative estimate of drug-likeness (QED) is 0.472. The van der Waals surface area contributed by atoms with Gasteiger partial charge in [0.15, 0.2) is 5.69 Å². The van der Waals surface area contributed by atoms with Crippen molar-refractivity contribution < 1.29 is 14.5 Å². The lowest BCUT2D eigenvalue weighted by Gasteiger charge is -2.31. The van der Waals surface area contributed by atoms with Crippen molar-refractivity contribution in [3.63, 3.8) is 0 Å². The Labute approximate surface area is 114 Å². The highest BCUT2D eigenvalue weighted by Gasteiger charge is 2.29. The van der Waals surface area contributed by atoms with Crippen molar-refractivity contribution in [2.75, 3.05) is 25.6 Å². The van der Waals surface area contributed by atoms with Crippen molar-refractivity contribution in [2.24, 2.45) is 7.05 Å². The molecule has 1 aromatic heterocycles. The molecule has 0 bridgehead atoms. The molecule has 0 N–H and O–H groups in total. The van der Waals surface area contributed by atoms with Gasteiger partial charge >= 0.3 is 5.82 Å². The molecule has 2 heterocycles. The fourth-order valence-corrected chi connectivity index (χ4v) is 2.24. The fourth-order valence-electron chi connectivity index (χ4n) is 2.06. The van der Waals surface area contributed by atoms with Crippen LogP contribution in [0.4, 0.5) is 5.82 Å². The number of rotatable bonds is 3. The second-order valence-electron chi connectivity index (χ2n) is 4.29. The van der Waals surface area contributed by atoms with Gasteiger partial charge in [0.05, 0.1) is 25.6 Å². The Kier molecular flexibility index (Phi) is 4.06. The highest BCUT2D eigenvalue weighted by Crippen LogP contribution is 2.18. The minimum absolute atomic E-state index is 0.106. The molecule has 0 aliphatic carbocycles. The molecule has 1 saturated heterocycles. The first-order chi connectivity index (χ1) is 9.04. The third-order valence-corrected chi connectivity index (χ3v) is 3.44. The van der Waals surface area contributed by atoms with E-state index in [1.54, 1.807) is 4.90 Å². The van der Waals surface area contributed by atoms with E-state index in [1.165, 1.54) is 23.7 Å². The van der Waals surface area contributed by atoms with Gasteiger partial charge in [0.2, 0.25) is 0 Å². The van der Waals surface area contributed by atoms with E-state index < -0.39 is 4.92 Å². The normalized spacial score (nSPS) is 19.5. The lowest BCUT2D eigenvalue weighted by atomic mass is 10.2. The Morgan fingerprint density at radius 2 is 2.37 bits per heavy atom. The Morgan fingerprint density at radius 1 is 1.63 bits per heavy atom. The first-order valence-electron chi connectivity index (χ1n) is 5.81. The fraction of sp³-hybridized carbons (Fsp3) is 0.545. The van der Waals surface area contributed by atoms with E-state index >= 15 is 0 Å². The van der Waals surface area contributed by atoms with E-state index in [1.807, 2.05) is 0 Å². The molecule has 1 atom stereocenters. The molecule has 1 amide bonds. The zero-order chi connectivity index (χ0) is 14.0. The zero-order valence-electron chi connectivity index (χ0n) is 10.4. The van der Waals surface area contributed by atoms with Crippen LogP contribution in [0.2, 0.25) is 0 Å². The van der Waals surface area contributed by atoms with Crippen LogP contribution in [0.1, 0.15) is 10.5 Å². The predicted molar refractivity (Wildman–Crippen MR) is 68.4 cm³/mol. The number of carbonyl (C=O) groups is 1. The van der Waals surface area contributed by atoms with Crippen molar-refractivity contribution in [3.8, 4) is 0 Å². The maximum Gasteiger partial charge on any atom is 0.323 e. The number of alkyl halides is 1. The lowest BCUT2D eigenvalue weighted by molar-refractivity contribution is -0.391. The number of morpholine rings is 1. The summed E-state index contributed by atoms with van der Waals surface area (Å²) in [7, 11) is 1.50. The van der Waals surface area contributed by atoms with Crippen LogP contribution in [0.25, 0.3) is 0 Å². The molecule has 1 fully saturated rings. The Balaban J connectivity index is 2.17. The number of ether oxygens (including phenoxy) is 1. The van der Waals surface area contributed by atoms with Crippen molar-refractivity contribution in [1.82, 2.24) is 9.47 Å². The molecule has 104 valence electrons. The summed E-state index contributed by atoms with van der Waals surface area (Å²) in [5.41, 5.74) is 0.293. The molecule has 8 heteroatoms. The van der Waals surface area contributed by atoms with Gasteiger partial charge < -0.3 is 19.8 Å². The van der Waals surface area contributed by atoms with Crippen LogP contribution >= 0.6 is 11.6 Å². The average molecular weight is 288 g/mol. The van der Waals surface area contributed by atoms with Crippen LogP contribution in [-0.2, 0) is 11.8 Å². The van der Waals surface area contributed by atoms with Crippen molar-refractivity contribution in [2.45, 2.75) is 6.10 Å². The molecule has 2 rings (SSSR count). The number of nitrogens with zero attached hydrogens (tertiary/aromatic N) is 3. The van der Waals surface area contributed by atoms with Crippen molar-refractivity contribution >= 4 is 23.3 Å². The molecule has 1 aliphatic heterocycles. The maximum atomic E-state index is 12.3. The highest BCUT2D eigenvalue weighted by molar-refractivity contribution is 6.18. The zero-order valence-corrected chi connectivity index (χ0v) is 11.2. The third-order valence-electron chi connectivity index (χ3n) is 3.10. The van der Waals surface area contributed by atoms with Gasteiger partial charge in [0.1, 0.15) is 0 Å². The van der Waals surface area contributed by atoms with Crippen molar-refractivity contribution in [1.29, 1.82) is 0 Å². The number of halogens is 1. The highest BCUT2D eigenvalue weighted by atomic mass is 35.5. The van der Waals surface area contributed by atoms with Gasteiger partial charge in [-0.1, -0.05) is 0 Å². The summed E-state index contributed by atoms with van der Waals surface area (Å²) in [5, 5.41) is 10.8. The van der Waals surface area contributed by atoms with E-state index in [0.717, 1.165) is 0 Å². The number of hydrogen-bond acceptors (Lipinski definition) is 4. The SMILES string of the molecule is Cn1c(C(=O)N2CCOC(CCl)C2)ccc1[N+](=O)[O-]. The minimum atomic E-state index is -0.516. The molecule has 0 spiro atoms. The standard InChI is InChI=1S/C11H14ClN3O4/c1-13-9(2-3-10(13)15(17)18)11(16)14-4-5-19-8(6-12)7-14/h2-3,8H,4-7H2,1H3. The second kappa shape index (κ2) is 5.58. The summed E-state index contributed by atoms with van der Waals surface area (Å²) in [6.45, 7) is 1.29. The predicted octanol–water partition coefficient (Wildman–Crippen LogP) is 1.01. The summed E-state index contributed by atoms with van der Waals surface area (Å²) >= 11 is 5.72. The Bertz CT molecular complexity index is 502. The Hall–Kier alpha value is -1.60.